The second-order valence-electron chi connectivity index (χ2n) is 8.56. The molecule has 0 bridgehead atoms. The zero-order valence-electron chi connectivity index (χ0n) is 17.7. The van der Waals surface area contributed by atoms with Gasteiger partial charge in [0.15, 0.2) is 0 Å². The summed E-state index contributed by atoms with van der Waals surface area (Å²) in [6.45, 7) is 10.7. The minimum Gasteiger partial charge on any atom is -0.461 e. The number of carbonyl (C=O) groups excluding carboxylic acids is 3. The van der Waals surface area contributed by atoms with E-state index in [1.165, 1.54) is 5.56 Å². The SMILES string of the molecule is Cc1cc(C(C)(C)C)cc(C)c1COC(=O)CCN1C(=O)c2ccccc2C1=O. The first kappa shape index (κ1) is 20.8. The Labute approximate surface area is 171 Å². The molecule has 0 aromatic heterocycles. The molecule has 0 N–H and O–H groups in total. The predicted molar refractivity (Wildman–Crippen MR) is 111 cm³/mol. The van der Waals surface area contributed by atoms with E-state index < -0.39 is 5.97 Å². The maximum Gasteiger partial charge on any atom is 0.307 e. The van der Waals surface area contributed by atoms with Gasteiger partial charge in [0.05, 0.1) is 17.5 Å². The van der Waals surface area contributed by atoms with Gasteiger partial charge in [-0.1, -0.05) is 45.0 Å². The predicted octanol–water partition coefficient (Wildman–Crippen LogP) is 4.33. The van der Waals surface area contributed by atoms with Crippen LogP contribution in [0, 0.1) is 13.8 Å². The van der Waals surface area contributed by atoms with Crippen LogP contribution in [0.5, 0.6) is 0 Å². The van der Waals surface area contributed by atoms with Crippen LogP contribution in [0.1, 0.15) is 70.2 Å². The summed E-state index contributed by atoms with van der Waals surface area (Å²) >= 11 is 0. The highest BCUT2D eigenvalue weighted by molar-refractivity contribution is 6.21. The molecule has 0 saturated carbocycles. The Kier molecular flexibility index (Phi) is 5.60. The Hall–Kier alpha value is -2.95. The molecular formula is C24H27NO4. The smallest absolute Gasteiger partial charge is 0.307 e. The molecule has 3 rings (SSSR count). The van der Waals surface area contributed by atoms with E-state index in [0.29, 0.717) is 11.1 Å². The molecule has 152 valence electrons. The number of amides is 2. The highest BCUT2D eigenvalue weighted by Crippen LogP contribution is 2.27. The van der Waals surface area contributed by atoms with Gasteiger partial charge < -0.3 is 4.74 Å². The summed E-state index contributed by atoms with van der Waals surface area (Å²) in [6, 6.07) is 11.0. The second kappa shape index (κ2) is 7.82. The third-order valence-electron chi connectivity index (χ3n) is 5.36. The standard InChI is InChI=1S/C24H27NO4/c1-15-12-17(24(3,4)5)13-16(2)20(15)14-29-21(26)10-11-25-22(27)18-8-6-7-9-19(18)23(25)28/h6-9,12-13H,10-11,14H2,1-5H3. The van der Waals surface area contributed by atoms with Crippen molar-refractivity contribution in [2.24, 2.45) is 0 Å². The fraction of sp³-hybridized carbons (Fsp3) is 0.375. The first-order chi connectivity index (χ1) is 13.6. The van der Waals surface area contributed by atoms with Crippen molar-refractivity contribution >= 4 is 17.8 Å². The molecule has 2 amide bonds. The number of hydrogen-bond acceptors (Lipinski definition) is 4. The van der Waals surface area contributed by atoms with Crippen molar-refractivity contribution in [3.05, 3.63) is 69.8 Å². The molecule has 0 saturated heterocycles. The molecule has 29 heavy (non-hydrogen) atoms. The summed E-state index contributed by atoms with van der Waals surface area (Å²) in [6.07, 6.45) is -0.0242. The van der Waals surface area contributed by atoms with Gasteiger partial charge in [0, 0.05) is 6.54 Å². The number of aryl methyl sites for hydroxylation is 2. The Morgan fingerprint density at radius 3 is 1.97 bits per heavy atom. The molecule has 5 nitrogen and oxygen atoms in total. The molecule has 0 atom stereocenters. The van der Waals surface area contributed by atoms with Gasteiger partial charge in [-0.25, -0.2) is 0 Å². The Morgan fingerprint density at radius 1 is 0.966 bits per heavy atom. The average molecular weight is 393 g/mol. The summed E-state index contributed by atoms with van der Waals surface area (Å²) in [5.74, 6) is -1.15. The fourth-order valence-electron chi connectivity index (χ4n) is 3.52. The highest BCUT2D eigenvalue weighted by atomic mass is 16.5. The van der Waals surface area contributed by atoms with E-state index in [1.807, 2.05) is 13.8 Å². The zero-order valence-corrected chi connectivity index (χ0v) is 17.7. The van der Waals surface area contributed by atoms with E-state index in [2.05, 4.69) is 32.9 Å². The minimum atomic E-state index is -0.430. The van der Waals surface area contributed by atoms with Crippen LogP contribution >= 0.6 is 0 Å². The molecule has 1 heterocycles. The van der Waals surface area contributed by atoms with E-state index in [9.17, 15) is 14.4 Å². The Bertz CT molecular complexity index is 927. The maximum absolute atomic E-state index is 12.4. The normalized spacial score (nSPS) is 13.6. The van der Waals surface area contributed by atoms with Gasteiger partial charge in [-0.15, -0.1) is 0 Å². The van der Waals surface area contributed by atoms with Crippen molar-refractivity contribution in [3.63, 3.8) is 0 Å². The first-order valence-electron chi connectivity index (χ1n) is 9.81. The lowest BCUT2D eigenvalue weighted by Crippen LogP contribution is -2.32. The molecular weight excluding hydrogens is 366 g/mol. The van der Waals surface area contributed by atoms with Crippen LogP contribution in [0.3, 0.4) is 0 Å². The van der Waals surface area contributed by atoms with Gasteiger partial charge in [0.2, 0.25) is 0 Å². The second-order valence-corrected chi connectivity index (χ2v) is 8.56. The van der Waals surface area contributed by atoms with Crippen LogP contribution in [0.15, 0.2) is 36.4 Å². The number of hydrogen-bond donors (Lipinski definition) is 0. The molecule has 0 radical (unpaired) electrons. The van der Waals surface area contributed by atoms with Crippen molar-refractivity contribution < 1.29 is 19.1 Å². The fourth-order valence-corrected chi connectivity index (χ4v) is 3.52. The number of ether oxygens (including phenoxy) is 1. The number of imide groups is 1. The summed E-state index contributed by atoms with van der Waals surface area (Å²) in [7, 11) is 0. The lowest BCUT2D eigenvalue weighted by Gasteiger charge is -2.22. The van der Waals surface area contributed by atoms with Crippen molar-refractivity contribution in [3.8, 4) is 0 Å². The summed E-state index contributed by atoms with van der Waals surface area (Å²) < 4.78 is 5.43. The third kappa shape index (κ3) is 4.24. The van der Waals surface area contributed by atoms with Gasteiger partial charge >= 0.3 is 5.97 Å². The van der Waals surface area contributed by atoms with Gasteiger partial charge in [-0.2, -0.15) is 0 Å². The van der Waals surface area contributed by atoms with E-state index in [-0.39, 0.29) is 36.8 Å². The number of benzene rings is 2. The highest BCUT2D eigenvalue weighted by Gasteiger charge is 2.35. The molecule has 0 spiro atoms. The summed E-state index contributed by atoms with van der Waals surface area (Å²) in [4.78, 5) is 38.1. The van der Waals surface area contributed by atoms with Crippen molar-refractivity contribution in [1.82, 2.24) is 4.90 Å². The number of rotatable bonds is 5. The number of nitrogens with zero attached hydrogens (tertiary/aromatic N) is 1. The number of esters is 1. The topological polar surface area (TPSA) is 63.7 Å². The van der Waals surface area contributed by atoms with E-state index in [1.54, 1.807) is 24.3 Å². The quantitative estimate of drug-likeness (QED) is 0.560. The van der Waals surface area contributed by atoms with Crippen LogP contribution < -0.4 is 0 Å². The number of fused-ring (bicyclic) bond motifs is 1. The lowest BCUT2D eigenvalue weighted by molar-refractivity contribution is -0.145. The van der Waals surface area contributed by atoms with Crippen LogP contribution in [0.2, 0.25) is 0 Å². The van der Waals surface area contributed by atoms with Gasteiger partial charge in [0.25, 0.3) is 11.8 Å². The maximum atomic E-state index is 12.4. The summed E-state index contributed by atoms with van der Waals surface area (Å²) in [5.41, 5.74) is 5.23. The third-order valence-corrected chi connectivity index (χ3v) is 5.36. The molecule has 2 aromatic rings. The molecule has 0 aliphatic carbocycles. The van der Waals surface area contributed by atoms with Crippen LogP contribution in [-0.2, 0) is 21.6 Å². The zero-order chi connectivity index (χ0) is 21.3. The molecule has 2 aromatic carbocycles. The molecule has 0 unspecified atom stereocenters. The number of carbonyl (C=O) groups is 3. The van der Waals surface area contributed by atoms with E-state index in [4.69, 9.17) is 4.74 Å². The Balaban J connectivity index is 1.59. The molecule has 1 aliphatic rings. The van der Waals surface area contributed by atoms with Gasteiger partial charge in [0.1, 0.15) is 6.61 Å². The first-order valence-corrected chi connectivity index (χ1v) is 9.81. The van der Waals surface area contributed by atoms with Crippen molar-refractivity contribution in [2.75, 3.05) is 6.54 Å². The van der Waals surface area contributed by atoms with Crippen LogP contribution in [0.25, 0.3) is 0 Å². The van der Waals surface area contributed by atoms with Crippen molar-refractivity contribution in [2.45, 2.75) is 53.1 Å². The Morgan fingerprint density at radius 2 is 1.48 bits per heavy atom. The molecule has 5 heteroatoms. The largest absolute Gasteiger partial charge is 0.461 e. The molecule has 0 fully saturated rings. The van der Waals surface area contributed by atoms with E-state index in [0.717, 1.165) is 21.6 Å². The van der Waals surface area contributed by atoms with Gasteiger partial charge in [-0.3, -0.25) is 19.3 Å². The molecule has 1 aliphatic heterocycles. The van der Waals surface area contributed by atoms with Crippen LogP contribution in [-0.4, -0.2) is 29.2 Å². The van der Waals surface area contributed by atoms with Gasteiger partial charge in [-0.05, 0) is 53.6 Å². The van der Waals surface area contributed by atoms with Crippen molar-refractivity contribution in [1.29, 1.82) is 0 Å². The summed E-state index contributed by atoms with van der Waals surface area (Å²) in [5, 5.41) is 0. The average Bonchev–Trinajstić information content (AvgIpc) is 2.89. The monoisotopic (exact) mass is 393 g/mol. The van der Waals surface area contributed by atoms with Crippen LogP contribution in [0.4, 0.5) is 0 Å². The lowest BCUT2D eigenvalue weighted by atomic mass is 9.84. The van der Waals surface area contributed by atoms with E-state index >= 15 is 0 Å². The minimum absolute atomic E-state index is 0.0199.